The Morgan fingerprint density at radius 3 is 1.97 bits per heavy atom. The molecule has 2 nitrogen and oxygen atoms in total. The van der Waals surface area contributed by atoms with Crippen molar-refractivity contribution in [3.63, 3.8) is 0 Å². The van der Waals surface area contributed by atoms with E-state index in [1.807, 2.05) is 12.1 Å². The van der Waals surface area contributed by atoms with Gasteiger partial charge in [0.2, 0.25) is 12.7 Å². The van der Waals surface area contributed by atoms with Crippen molar-refractivity contribution in [2.75, 3.05) is 0 Å². The van der Waals surface area contributed by atoms with E-state index in [0.29, 0.717) is 21.0 Å². The van der Waals surface area contributed by atoms with Crippen LogP contribution in [0.1, 0.15) is 97.8 Å². The second-order valence-corrected chi connectivity index (χ2v) is 11.5. The van der Waals surface area contributed by atoms with Gasteiger partial charge in [0.1, 0.15) is 0 Å². The van der Waals surface area contributed by atoms with Gasteiger partial charge >= 0.3 is 0 Å². The van der Waals surface area contributed by atoms with Crippen molar-refractivity contribution in [3.05, 3.63) is 18.2 Å². The van der Waals surface area contributed by atoms with Gasteiger partial charge in [0, 0.05) is 12.8 Å². The minimum Gasteiger partial charge on any atom is -0.457 e. The van der Waals surface area contributed by atoms with Crippen LogP contribution in [-0.4, -0.2) is 22.2 Å². The highest BCUT2D eigenvalue weighted by Gasteiger charge is 2.31. The molecule has 0 N–H and O–H groups in total. The minimum atomic E-state index is -1.40. The van der Waals surface area contributed by atoms with Crippen LogP contribution in [0.25, 0.3) is 0 Å². The smallest absolute Gasteiger partial charge is 0.238 e. The third kappa shape index (κ3) is 7.97. The van der Waals surface area contributed by atoms with E-state index in [1.54, 1.807) is 19.9 Å². The van der Waals surface area contributed by atoms with Crippen LogP contribution in [0.2, 0.25) is 6.04 Å². The van der Waals surface area contributed by atoms with Gasteiger partial charge in [-0.2, -0.15) is 0 Å². The first-order chi connectivity index (χ1) is 16.0. The molecule has 0 aliphatic heterocycles. The molecule has 0 amide bonds. The summed E-state index contributed by atoms with van der Waals surface area (Å²) < 4.78 is 39.0. The number of hydrogen-bond acceptors (Lipinski definition) is 2. The molecule has 2 unspecified atom stereocenters. The third-order valence-corrected chi connectivity index (χ3v) is 9.41. The lowest BCUT2D eigenvalue weighted by molar-refractivity contribution is 0.0390. The normalized spacial score (nSPS) is 27.7. The number of benzene rings is 1. The lowest BCUT2D eigenvalue weighted by Crippen LogP contribution is -2.28. The monoisotopic (exact) mass is 478 g/mol. The Kier molecular flexibility index (Phi) is 11.0. The van der Waals surface area contributed by atoms with E-state index in [-0.39, 0.29) is 12.8 Å². The fraction of sp³-hybridized carbons (Fsp3) is 0.786. The predicted molar refractivity (Wildman–Crippen MR) is 134 cm³/mol. The second-order valence-electron chi connectivity index (χ2n) is 10.2. The summed E-state index contributed by atoms with van der Waals surface area (Å²) in [5, 5.41) is 0.961. The van der Waals surface area contributed by atoms with Gasteiger partial charge in [0.05, 0.1) is 9.52 Å². The maximum Gasteiger partial charge on any atom is 0.238 e. The fourth-order valence-electron chi connectivity index (χ4n) is 5.78. The van der Waals surface area contributed by atoms with E-state index < -0.39 is 12.7 Å². The van der Waals surface area contributed by atoms with Crippen molar-refractivity contribution in [1.82, 2.24) is 0 Å². The van der Waals surface area contributed by atoms with Crippen LogP contribution >= 0.6 is 0 Å². The molecule has 2 aliphatic rings. The number of para-hydroxylation sites is 1. The molecule has 2 radical (unpaired) electrons. The molecule has 2 aliphatic carbocycles. The first-order valence-electron chi connectivity index (χ1n) is 13.5. The summed E-state index contributed by atoms with van der Waals surface area (Å²) in [4.78, 5) is 0. The number of hydrogen-bond donors (Lipinski definition) is 0. The maximum atomic E-state index is 14.1. The molecule has 0 aromatic heterocycles. The molecule has 33 heavy (non-hydrogen) atoms. The van der Waals surface area contributed by atoms with Crippen molar-refractivity contribution < 1.29 is 18.3 Å². The van der Waals surface area contributed by atoms with Crippen LogP contribution in [0, 0.1) is 23.7 Å². The highest BCUT2D eigenvalue weighted by molar-refractivity contribution is 6.54. The van der Waals surface area contributed by atoms with Gasteiger partial charge in [-0.1, -0.05) is 77.5 Å². The van der Waals surface area contributed by atoms with Crippen molar-refractivity contribution in [1.29, 1.82) is 0 Å². The first kappa shape index (κ1) is 26.5. The first-order valence-corrected chi connectivity index (χ1v) is 14.7. The standard InChI is InChI=1S/C28H44F2O2Si/c1-4-8-20-11-15-22(16-12-20)23-17-13-21(14-18-23)19-33-25-10-7-9-24(31-26(29)5-2)28(25)32-27(30)6-3/h7,9-10,20-23,26-27H,4-6,8,11-19H2,1-3H3. The molecule has 2 atom stereocenters. The molecular weight excluding hydrogens is 434 g/mol. The minimum absolute atomic E-state index is 0.252. The summed E-state index contributed by atoms with van der Waals surface area (Å²) >= 11 is 0. The quantitative estimate of drug-likeness (QED) is 0.283. The summed E-state index contributed by atoms with van der Waals surface area (Å²) in [6.07, 6.45) is 11.6. The van der Waals surface area contributed by atoms with Crippen LogP contribution < -0.4 is 14.7 Å². The molecule has 3 rings (SSSR count). The highest BCUT2D eigenvalue weighted by Crippen LogP contribution is 2.43. The summed E-state index contributed by atoms with van der Waals surface area (Å²) in [5.41, 5.74) is 0. The molecule has 1 aromatic carbocycles. The van der Waals surface area contributed by atoms with Gasteiger partial charge in [-0.3, -0.25) is 0 Å². The number of alkyl halides is 2. The Bertz CT molecular complexity index is 684. The molecule has 0 bridgehead atoms. The maximum absolute atomic E-state index is 14.1. The Labute approximate surface area is 203 Å². The van der Waals surface area contributed by atoms with Gasteiger partial charge in [-0.05, 0) is 60.6 Å². The Balaban J connectivity index is 1.52. The molecule has 2 fully saturated rings. The Hall–Kier alpha value is -1.10. The molecule has 5 heteroatoms. The average Bonchev–Trinajstić information content (AvgIpc) is 2.85. The lowest BCUT2D eigenvalue weighted by Gasteiger charge is -2.38. The van der Waals surface area contributed by atoms with Crippen molar-refractivity contribution in [2.45, 2.75) is 117 Å². The molecule has 0 spiro atoms. The van der Waals surface area contributed by atoms with Crippen molar-refractivity contribution in [2.24, 2.45) is 23.7 Å². The number of halogens is 2. The van der Waals surface area contributed by atoms with Gasteiger partial charge in [0.15, 0.2) is 11.5 Å². The summed E-state index contributed by atoms with van der Waals surface area (Å²) in [5.74, 6) is 4.33. The van der Waals surface area contributed by atoms with Crippen molar-refractivity contribution >= 4 is 14.7 Å². The number of ether oxygens (including phenoxy) is 2. The molecule has 2 saturated carbocycles. The summed E-state index contributed by atoms with van der Waals surface area (Å²) in [6.45, 7) is 5.79. The highest BCUT2D eigenvalue weighted by atomic mass is 28.2. The van der Waals surface area contributed by atoms with Crippen LogP contribution in [-0.2, 0) is 0 Å². The summed E-state index contributed by atoms with van der Waals surface area (Å²) in [6, 6.07) is 6.65. The predicted octanol–water partition coefficient (Wildman–Crippen LogP) is 8.02. The van der Waals surface area contributed by atoms with Gasteiger partial charge < -0.3 is 9.47 Å². The SMILES string of the molecule is CCCC1CCC(C2CCC(C[Si]c3cccc(OC(F)CC)c3OC(F)CC)CC2)CC1. The molecule has 186 valence electrons. The molecule has 1 aromatic rings. The molecule has 0 heterocycles. The van der Waals surface area contributed by atoms with Crippen LogP contribution in [0.4, 0.5) is 8.78 Å². The number of rotatable bonds is 12. The zero-order valence-corrected chi connectivity index (χ0v) is 22.0. The zero-order chi connectivity index (χ0) is 23.6. The van der Waals surface area contributed by atoms with Crippen LogP contribution in [0.3, 0.4) is 0 Å². The molecule has 0 saturated heterocycles. The Morgan fingerprint density at radius 2 is 1.39 bits per heavy atom. The largest absolute Gasteiger partial charge is 0.457 e. The van der Waals surface area contributed by atoms with Gasteiger partial charge in [-0.25, -0.2) is 8.78 Å². The van der Waals surface area contributed by atoms with Crippen LogP contribution in [0.15, 0.2) is 18.2 Å². The van der Waals surface area contributed by atoms with E-state index >= 15 is 0 Å². The van der Waals surface area contributed by atoms with Gasteiger partial charge in [-0.15, -0.1) is 0 Å². The lowest BCUT2D eigenvalue weighted by atomic mass is 9.69. The van der Waals surface area contributed by atoms with E-state index in [0.717, 1.165) is 34.9 Å². The van der Waals surface area contributed by atoms with Gasteiger partial charge in [0.25, 0.3) is 0 Å². The van der Waals surface area contributed by atoms with E-state index in [9.17, 15) is 8.78 Å². The van der Waals surface area contributed by atoms with E-state index in [2.05, 4.69) is 6.92 Å². The average molecular weight is 479 g/mol. The van der Waals surface area contributed by atoms with E-state index in [1.165, 1.54) is 64.2 Å². The Morgan fingerprint density at radius 1 is 0.818 bits per heavy atom. The zero-order valence-electron chi connectivity index (χ0n) is 21.0. The van der Waals surface area contributed by atoms with Crippen LogP contribution in [0.5, 0.6) is 11.5 Å². The second kappa shape index (κ2) is 13.7. The van der Waals surface area contributed by atoms with E-state index in [4.69, 9.17) is 9.47 Å². The summed E-state index contributed by atoms with van der Waals surface area (Å²) in [7, 11) is 0.529. The fourth-order valence-corrected chi connectivity index (χ4v) is 7.25. The molecular formula is C28H44F2O2Si. The van der Waals surface area contributed by atoms with Crippen molar-refractivity contribution in [3.8, 4) is 11.5 Å². The third-order valence-electron chi connectivity index (χ3n) is 7.85. The topological polar surface area (TPSA) is 18.5 Å².